The van der Waals surface area contributed by atoms with Crippen molar-refractivity contribution in [2.45, 2.75) is 6.42 Å². The Balaban J connectivity index is 2.43. The Hall–Kier alpha value is -2.12. The molecule has 17 heavy (non-hydrogen) atoms. The first-order chi connectivity index (χ1) is 8.20. The van der Waals surface area contributed by atoms with Crippen molar-refractivity contribution in [2.24, 2.45) is 0 Å². The van der Waals surface area contributed by atoms with E-state index < -0.39 is 0 Å². The number of nitrogen functional groups attached to an aromatic ring is 1. The second kappa shape index (κ2) is 4.81. The molecule has 1 aromatic heterocycles. The van der Waals surface area contributed by atoms with Crippen molar-refractivity contribution in [3.63, 3.8) is 0 Å². The molecule has 0 aliphatic heterocycles. The average Bonchev–Trinajstić information content (AvgIpc) is 2.30. The van der Waals surface area contributed by atoms with Gasteiger partial charge >= 0.3 is 0 Å². The molecule has 2 aromatic rings. The molecule has 0 fully saturated rings. The highest BCUT2D eigenvalue weighted by Crippen LogP contribution is 2.18. The van der Waals surface area contributed by atoms with Gasteiger partial charge in [0.25, 0.3) is 0 Å². The minimum Gasteiger partial charge on any atom is -0.382 e. The van der Waals surface area contributed by atoms with Gasteiger partial charge in [0, 0.05) is 6.42 Å². The Labute approximate surface area is 104 Å². The van der Waals surface area contributed by atoms with Crippen LogP contribution >= 0.6 is 11.6 Å². The highest BCUT2D eigenvalue weighted by molar-refractivity contribution is 6.28. The molecule has 4 nitrogen and oxygen atoms in total. The van der Waals surface area contributed by atoms with Gasteiger partial charge in [-0.25, -0.2) is 4.98 Å². The predicted octanol–water partition coefficient (Wildman–Crippen LogP) is 2.17. The fraction of sp³-hybridized carbons (Fsp3) is 0.0833. The van der Waals surface area contributed by atoms with Gasteiger partial charge in [0.15, 0.2) is 0 Å². The maximum atomic E-state index is 9.02. The van der Waals surface area contributed by atoms with Crippen LogP contribution in [0, 0.1) is 11.3 Å². The number of rotatable bonds is 2. The SMILES string of the molecule is N#Cc1c(N)nc(Cl)nc1Cc1ccccc1. The van der Waals surface area contributed by atoms with Crippen LogP contribution in [0.2, 0.25) is 5.28 Å². The van der Waals surface area contributed by atoms with E-state index in [4.69, 9.17) is 22.6 Å². The van der Waals surface area contributed by atoms with E-state index in [1.54, 1.807) is 0 Å². The first kappa shape index (κ1) is 11.4. The molecule has 0 atom stereocenters. The fourth-order valence-corrected chi connectivity index (χ4v) is 1.73. The minimum absolute atomic E-state index is 0.0624. The molecule has 0 aliphatic rings. The molecule has 0 spiro atoms. The third-order valence-electron chi connectivity index (χ3n) is 2.31. The molecule has 0 amide bonds. The Kier molecular flexibility index (Phi) is 3.22. The van der Waals surface area contributed by atoms with Crippen molar-refractivity contribution in [1.29, 1.82) is 5.26 Å². The van der Waals surface area contributed by atoms with E-state index >= 15 is 0 Å². The second-order valence-corrected chi connectivity index (χ2v) is 3.81. The number of nitriles is 1. The van der Waals surface area contributed by atoms with Gasteiger partial charge in [0.05, 0.1) is 5.69 Å². The summed E-state index contributed by atoms with van der Waals surface area (Å²) in [5, 5.41) is 9.08. The van der Waals surface area contributed by atoms with Gasteiger partial charge < -0.3 is 5.73 Å². The molecule has 0 saturated heterocycles. The topological polar surface area (TPSA) is 75.6 Å². The minimum atomic E-state index is 0.0624. The molecule has 1 heterocycles. The largest absolute Gasteiger partial charge is 0.382 e. The number of nitrogens with zero attached hydrogens (tertiary/aromatic N) is 3. The normalized spacial score (nSPS) is 9.88. The van der Waals surface area contributed by atoms with Gasteiger partial charge in [0.1, 0.15) is 17.5 Å². The van der Waals surface area contributed by atoms with Gasteiger partial charge in [0.2, 0.25) is 5.28 Å². The zero-order valence-corrected chi connectivity index (χ0v) is 9.65. The van der Waals surface area contributed by atoms with Crippen molar-refractivity contribution in [2.75, 3.05) is 5.73 Å². The monoisotopic (exact) mass is 244 g/mol. The van der Waals surface area contributed by atoms with E-state index in [1.165, 1.54) is 0 Å². The average molecular weight is 245 g/mol. The lowest BCUT2D eigenvalue weighted by atomic mass is 10.1. The summed E-state index contributed by atoms with van der Waals surface area (Å²) in [6, 6.07) is 11.7. The van der Waals surface area contributed by atoms with Crippen LogP contribution in [0.5, 0.6) is 0 Å². The molecule has 2 rings (SSSR count). The molecule has 0 radical (unpaired) electrons. The van der Waals surface area contributed by atoms with Crippen molar-refractivity contribution < 1.29 is 0 Å². The molecular formula is C12H9ClN4. The molecule has 0 bridgehead atoms. The number of nitrogens with two attached hydrogens (primary N) is 1. The van der Waals surface area contributed by atoms with Crippen molar-refractivity contribution in [3.05, 3.63) is 52.4 Å². The van der Waals surface area contributed by atoms with Crippen LogP contribution in [0.25, 0.3) is 0 Å². The first-order valence-corrected chi connectivity index (χ1v) is 5.34. The number of aromatic nitrogens is 2. The third kappa shape index (κ3) is 2.52. The van der Waals surface area contributed by atoms with Crippen LogP contribution in [0.1, 0.15) is 16.8 Å². The van der Waals surface area contributed by atoms with Crippen molar-refractivity contribution >= 4 is 17.4 Å². The molecule has 2 N–H and O–H groups in total. The van der Waals surface area contributed by atoms with Crippen LogP contribution in [0.3, 0.4) is 0 Å². The summed E-state index contributed by atoms with van der Waals surface area (Å²) in [6.07, 6.45) is 0.510. The highest BCUT2D eigenvalue weighted by Gasteiger charge is 2.11. The molecule has 0 unspecified atom stereocenters. The molecule has 0 aliphatic carbocycles. The molecular weight excluding hydrogens is 236 g/mol. The first-order valence-electron chi connectivity index (χ1n) is 4.96. The van der Waals surface area contributed by atoms with Gasteiger partial charge in [-0.15, -0.1) is 0 Å². The number of benzene rings is 1. The van der Waals surface area contributed by atoms with Crippen LogP contribution in [0.15, 0.2) is 30.3 Å². The summed E-state index contributed by atoms with van der Waals surface area (Å²) < 4.78 is 0. The summed E-state index contributed by atoms with van der Waals surface area (Å²) in [7, 11) is 0. The van der Waals surface area contributed by atoms with Crippen LogP contribution < -0.4 is 5.73 Å². The van der Waals surface area contributed by atoms with E-state index in [9.17, 15) is 0 Å². The number of anilines is 1. The summed E-state index contributed by atoms with van der Waals surface area (Å²) in [5.41, 5.74) is 7.51. The van der Waals surface area contributed by atoms with Crippen LogP contribution in [-0.4, -0.2) is 9.97 Å². The second-order valence-electron chi connectivity index (χ2n) is 3.47. The zero-order chi connectivity index (χ0) is 12.3. The molecule has 5 heteroatoms. The summed E-state index contributed by atoms with van der Waals surface area (Å²) in [5.74, 6) is 0.124. The molecule has 84 valence electrons. The van der Waals surface area contributed by atoms with Gasteiger partial charge in [-0.1, -0.05) is 30.3 Å². The van der Waals surface area contributed by atoms with E-state index in [2.05, 4.69) is 9.97 Å². The van der Waals surface area contributed by atoms with E-state index in [0.717, 1.165) is 5.56 Å². The molecule has 0 saturated carbocycles. The van der Waals surface area contributed by atoms with E-state index in [-0.39, 0.29) is 11.1 Å². The standard InChI is InChI=1S/C12H9ClN4/c13-12-16-10(9(7-14)11(15)17-12)6-8-4-2-1-3-5-8/h1-5H,6H2,(H2,15,16,17). The zero-order valence-electron chi connectivity index (χ0n) is 8.89. The predicted molar refractivity (Wildman–Crippen MR) is 65.4 cm³/mol. The maximum Gasteiger partial charge on any atom is 0.224 e. The lowest BCUT2D eigenvalue weighted by molar-refractivity contribution is 1.02. The van der Waals surface area contributed by atoms with Crippen LogP contribution in [0.4, 0.5) is 5.82 Å². The van der Waals surface area contributed by atoms with Gasteiger partial charge in [-0.05, 0) is 17.2 Å². The van der Waals surface area contributed by atoms with E-state index in [1.807, 2.05) is 36.4 Å². The van der Waals surface area contributed by atoms with E-state index in [0.29, 0.717) is 17.7 Å². The molecule has 1 aromatic carbocycles. The maximum absolute atomic E-state index is 9.02. The quantitative estimate of drug-likeness (QED) is 0.822. The Bertz CT molecular complexity index is 575. The Morgan fingerprint density at radius 2 is 1.94 bits per heavy atom. The fourth-order valence-electron chi connectivity index (χ4n) is 1.53. The number of hydrogen-bond acceptors (Lipinski definition) is 4. The lowest BCUT2D eigenvalue weighted by Crippen LogP contribution is -2.04. The Morgan fingerprint density at radius 3 is 2.59 bits per heavy atom. The number of hydrogen-bond donors (Lipinski definition) is 1. The summed E-state index contributed by atoms with van der Waals surface area (Å²) in [6.45, 7) is 0. The lowest BCUT2D eigenvalue weighted by Gasteiger charge is -2.05. The van der Waals surface area contributed by atoms with Crippen LogP contribution in [-0.2, 0) is 6.42 Å². The summed E-state index contributed by atoms with van der Waals surface area (Å²) in [4.78, 5) is 7.81. The van der Waals surface area contributed by atoms with Gasteiger partial charge in [-0.2, -0.15) is 10.2 Å². The third-order valence-corrected chi connectivity index (χ3v) is 2.48. The summed E-state index contributed by atoms with van der Waals surface area (Å²) >= 11 is 5.73. The smallest absolute Gasteiger partial charge is 0.224 e. The van der Waals surface area contributed by atoms with Crippen molar-refractivity contribution in [3.8, 4) is 6.07 Å². The Morgan fingerprint density at radius 1 is 1.24 bits per heavy atom. The van der Waals surface area contributed by atoms with Crippen molar-refractivity contribution in [1.82, 2.24) is 9.97 Å². The van der Waals surface area contributed by atoms with Gasteiger partial charge in [-0.3, -0.25) is 0 Å². The highest BCUT2D eigenvalue weighted by atomic mass is 35.5. The number of halogens is 1.